The molecule has 0 spiro atoms. The van der Waals surface area contributed by atoms with Crippen LogP contribution in [0.2, 0.25) is 0 Å². The molecule has 7 aromatic rings. The molecule has 0 aliphatic heterocycles. The Labute approximate surface area is 196 Å². The zero-order chi connectivity index (χ0) is 22.8. The van der Waals surface area contributed by atoms with Gasteiger partial charge in [0.2, 0.25) is 0 Å². The lowest BCUT2D eigenvalue weighted by molar-refractivity contribution is 0.669. The number of fused-ring (bicyclic) bond motifs is 6. The third-order valence-electron chi connectivity index (χ3n) is 6.90. The van der Waals surface area contributed by atoms with E-state index >= 15 is 0 Å². The van der Waals surface area contributed by atoms with Crippen molar-refractivity contribution in [1.82, 2.24) is 4.57 Å². The van der Waals surface area contributed by atoms with Crippen LogP contribution in [0, 0.1) is 6.92 Å². The number of aromatic nitrogens is 1. The van der Waals surface area contributed by atoms with Crippen molar-refractivity contribution < 1.29 is 4.42 Å². The van der Waals surface area contributed by atoms with E-state index in [9.17, 15) is 0 Å². The number of nitrogens with two attached hydrogens (primary N) is 1. The topological polar surface area (TPSA) is 44.1 Å². The number of aryl methyl sites for hydroxylation is 1. The molecule has 0 atom stereocenters. The first kappa shape index (κ1) is 19.0. The Morgan fingerprint density at radius 3 is 1.97 bits per heavy atom. The average molecular weight is 439 g/mol. The Morgan fingerprint density at radius 2 is 1.24 bits per heavy atom. The van der Waals surface area contributed by atoms with Crippen LogP contribution < -0.4 is 5.73 Å². The summed E-state index contributed by atoms with van der Waals surface area (Å²) < 4.78 is 8.79. The van der Waals surface area contributed by atoms with Crippen molar-refractivity contribution in [1.29, 1.82) is 0 Å². The zero-order valence-corrected chi connectivity index (χ0v) is 18.7. The molecule has 0 bridgehead atoms. The third kappa shape index (κ3) is 2.52. The maximum Gasteiger partial charge on any atom is 0.143 e. The van der Waals surface area contributed by atoms with Crippen molar-refractivity contribution >= 4 is 49.4 Å². The summed E-state index contributed by atoms with van der Waals surface area (Å²) in [7, 11) is 0. The Balaban J connectivity index is 1.65. The van der Waals surface area contributed by atoms with Gasteiger partial charge in [-0.2, -0.15) is 0 Å². The first-order chi connectivity index (χ1) is 16.7. The fourth-order valence-corrected chi connectivity index (χ4v) is 5.40. The molecule has 2 N–H and O–H groups in total. The van der Waals surface area contributed by atoms with Crippen LogP contribution >= 0.6 is 0 Å². The van der Waals surface area contributed by atoms with Gasteiger partial charge in [0, 0.05) is 38.4 Å². The number of nitrogens with zero attached hydrogens (tertiary/aromatic N) is 1. The van der Waals surface area contributed by atoms with Gasteiger partial charge >= 0.3 is 0 Å². The highest BCUT2D eigenvalue weighted by atomic mass is 16.3. The van der Waals surface area contributed by atoms with Crippen molar-refractivity contribution in [2.24, 2.45) is 0 Å². The lowest BCUT2D eigenvalue weighted by Crippen LogP contribution is -2.01. The van der Waals surface area contributed by atoms with E-state index in [2.05, 4.69) is 90.4 Å². The van der Waals surface area contributed by atoms with Crippen LogP contribution in [0.15, 0.2) is 108 Å². The van der Waals surface area contributed by atoms with Crippen molar-refractivity contribution in [2.45, 2.75) is 6.92 Å². The largest absolute Gasteiger partial charge is 0.455 e. The molecule has 162 valence electrons. The fourth-order valence-electron chi connectivity index (χ4n) is 5.40. The summed E-state index contributed by atoms with van der Waals surface area (Å²) in [6.07, 6.45) is 0. The van der Waals surface area contributed by atoms with Crippen molar-refractivity contribution in [3.05, 3.63) is 109 Å². The van der Waals surface area contributed by atoms with E-state index in [0.29, 0.717) is 0 Å². The number of para-hydroxylation sites is 3. The predicted molar refractivity (Wildman–Crippen MR) is 143 cm³/mol. The van der Waals surface area contributed by atoms with Gasteiger partial charge in [-0.3, -0.25) is 0 Å². The van der Waals surface area contributed by atoms with Crippen LogP contribution in [0.1, 0.15) is 5.56 Å². The van der Waals surface area contributed by atoms with Gasteiger partial charge in [0.1, 0.15) is 11.2 Å². The molecular weight excluding hydrogens is 416 g/mol. The SMILES string of the molecule is Cc1ccc2c(oc3ccccc32)c1-c1c(N)cccc1-n1c2ccccc2c2ccccc21. The van der Waals surface area contributed by atoms with Gasteiger partial charge in [0.15, 0.2) is 0 Å². The fraction of sp³-hybridized carbons (Fsp3) is 0.0323. The second-order valence-electron chi connectivity index (χ2n) is 8.84. The zero-order valence-electron chi connectivity index (χ0n) is 18.7. The summed E-state index contributed by atoms with van der Waals surface area (Å²) in [6.45, 7) is 2.13. The first-order valence-electron chi connectivity index (χ1n) is 11.5. The number of hydrogen-bond acceptors (Lipinski definition) is 2. The van der Waals surface area contributed by atoms with E-state index < -0.39 is 0 Å². The van der Waals surface area contributed by atoms with E-state index in [-0.39, 0.29) is 0 Å². The number of anilines is 1. The molecular formula is C31H22N2O. The normalized spacial score (nSPS) is 11.8. The van der Waals surface area contributed by atoms with Gasteiger partial charge in [-0.05, 0) is 42.8 Å². The van der Waals surface area contributed by atoms with Gasteiger partial charge in [-0.25, -0.2) is 0 Å². The molecule has 0 amide bonds. The number of benzene rings is 5. The summed E-state index contributed by atoms with van der Waals surface area (Å²) in [5.74, 6) is 0. The van der Waals surface area contributed by atoms with Crippen molar-refractivity contribution in [2.75, 3.05) is 5.73 Å². The lowest BCUT2D eigenvalue weighted by Gasteiger charge is -2.18. The number of hydrogen-bond donors (Lipinski definition) is 1. The molecule has 0 aliphatic rings. The van der Waals surface area contributed by atoms with Crippen LogP contribution in [0.25, 0.3) is 60.6 Å². The van der Waals surface area contributed by atoms with Gasteiger partial charge in [0.25, 0.3) is 0 Å². The van der Waals surface area contributed by atoms with Crippen LogP contribution in [0.5, 0.6) is 0 Å². The number of furan rings is 1. The summed E-state index contributed by atoms with van der Waals surface area (Å²) in [5.41, 5.74) is 15.8. The highest BCUT2D eigenvalue weighted by molar-refractivity contribution is 6.13. The van der Waals surface area contributed by atoms with Gasteiger partial charge < -0.3 is 14.7 Å². The highest BCUT2D eigenvalue weighted by Gasteiger charge is 2.22. The van der Waals surface area contributed by atoms with E-state index in [4.69, 9.17) is 10.2 Å². The minimum atomic E-state index is 0.732. The molecule has 0 radical (unpaired) electrons. The van der Waals surface area contributed by atoms with Crippen LogP contribution in [0.4, 0.5) is 5.69 Å². The smallest absolute Gasteiger partial charge is 0.143 e. The number of nitrogen functional groups attached to an aromatic ring is 1. The molecule has 0 saturated carbocycles. The predicted octanol–water partition coefficient (Wildman–Crippen LogP) is 8.24. The Bertz CT molecular complexity index is 1830. The molecule has 2 heterocycles. The summed E-state index contributed by atoms with van der Waals surface area (Å²) >= 11 is 0. The monoisotopic (exact) mass is 438 g/mol. The summed E-state index contributed by atoms with van der Waals surface area (Å²) in [6, 6.07) is 35.8. The van der Waals surface area contributed by atoms with Crippen LogP contribution in [-0.2, 0) is 0 Å². The average Bonchev–Trinajstić information content (AvgIpc) is 3.40. The Hall–Kier alpha value is -4.50. The number of rotatable bonds is 2. The molecule has 34 heavy (non-hydrogen) atoms. The van der Waals surface area contributed by atoms with Crippen molar-refractivity contribution in [3.8, 4) is 16.8 Å². The van der Waals surface area contributed by atoms with Crippen LogP contribution in [0.3, 0.4) is 0 Å². The van der Waals surface area contributed by atoms with E-state index in [1.807, 2.05) is 24.3 Å². The Kier molecular flexibility index (Phi) is 3.91. The standard InChI is InChI=1S/C31H22N2O/c1-19-17-18-23-22-11-4-7-16-28(22)34-31(23)29(19)30-24(32)12-8-15-27(30)33-25-13-5-2-9-20(25)21-10-3-6-14-26(21)33/h2-18H,32H2,1H3. The lowest BCUT2D eigenvalue weighted by atomic mass is 9.94. The molecule has 3 nitrogen and oxygen atoms in total. The molecule has 0 aliphatic carbocycles. The molecule has 0 saturated heterocycles. The summed E-state index contributed by atoms with van der Waals surface area (Å²) in [4.78, 5) is 0. The molecule has 5 aromatic carbocycles. The summed E-state index contributed by atoms with van der Waals surface area (Å²) in [5, 5.41) is 4.68. The molecule has 2 aromatic heterocycles. The second-order valence-corrected chi connectivity index (χ2v) is 8.84. The van der Waals surface area contributed by atoms with Gasteiger partial charge in [-0.1, -0.05) is 72.8 Å². The first-order valence-corrected chi connectivity index (χ1v) is 11.5. The molecule has 3 heteroatoms. The highest BCUT2D eigenvalue weighted by Crippen LogP contribution is 2.44. The minimum Gasteiger partial charge on any atom is -0.455 e. The van der Waals surface area contributed by atoms with E-state index in [1.165, 1.54) is 10.8 Å². The molecule has 7 rings (SSSR count). The second kappa shape index (κ2) is 7.00. The van der Waals surface area contributed by atoms with E-state index in [0.717, 1.165) is 61.0 Å². The minimum absolute atomic E-state index is 0.732. The molecule has 0 unspecified atom stereocenters. The van der Waals surface area contributed by atoms with Gasteiger partial charge in [0.05, 0.1) is 16.7 Å². The maximum absolute atomic E-state index is 6.75. The Morgan fingerprint density at radius 1 is 0.588 bits per heavy atom. The van der Waals surface area contributed by atoms with Crippen molar-refractivity contribution in [3.63, 3.8) is 0 Å². The van der Waals surface area contributed by atoms with Gasteiger partial charge in [-0.15, -0.1) is 0 Å². The molecule has 0 fully saturated rings. The maximum atomic E-state index is 6.75. The third-order valence-corrected chi connectivity index (χ3v) is 6.90. The van der Waals surface area contributed by atoms with E-state index in [1.54, 1.807) is 0 Å². The van der Waals surface area contributed by atoms with Crippen LogP contribution in [-0.4, -0.2) is 4.57 Å². The quantitative estimate of drug-likeness (QED) is 0.276.